The molecule has 0 spiro atoms. The molecule has 0 N–H and O–H groups in total. The molecule has 2 heterocycles. The van der Waals surface area contributed by atoms with Crippen LogP contribution in [-0.2, 0) is 13.5 Å². The second-order valence-electron chi connectivity index (χ2n) is 9.50. The lowest BCUT2D eigenvalue weighted by Gasteiger charge is -2.22. The fraction of sp³-hybridized carbons (Fsp3) is 0.308. The van der Waals surface area contributed by atoms with Crippen LogP contribution in [0.5, 0.6) is 11.6 Å². The van der Waals surface area contributed by atoms with Crippen molar-refractivity contribution in [1.82, 2.24) is 4.98 Å². The van der Waals surface area contributed by atoms with Crippen molar-refractivity contribution in [2.45, 2.75) is 41.0 Å². The van der Waals surface area contributed by atoms with Crippen LogP contribution < -0.4 is 9.30 Å². The van der Waals surface area contributed by atoms with E-state index in [4.69, 9.17) is 9.72 Å². The Morgan fingerprint density at radius 1 is 1.03 bits per heavy atom. The Bertz CT molecular complexity index is 1310. The minimum Gasteiger partial charge on any atom is -0.433 e. The van der Waals surface area contributed by atoms with Crippen LogP contribution in [0.1, 0.15) is 37.5 Å². The molecule has 0 aliphatic carbocycles. The number of rotatable bonds is 1. The Morgan fingerprint density at radius 3 is 2.55 bits per heavy atom. The molecule has 146 valence electrons. The number of nitrogens with zero attached hydrogens (tertiary/aromatic N) is 2. The molecule has 1 aliphatic heterocycles. The summed E-state index contributed by atoms with van der Waals surface area (Å²) >= 11 is 0. The maximum Gasteiger partial charge on any atom is 0.294 e. The first-order chi connectivity index (χ1) is 13.7. The van der Waals surface area contributed by atoms with Gasteiger partial charge >= 0.3 is 0 Å². The van der Waals surface area contributed by atoms with Gasteiger partial charge in [0.15, 0.2) is 0 Å². The first kappa shape index (κ1) is 18.1. The van der Waals surface area contributed by atoms with Gasteiger partial charge < -0.3 is 4.74 Å². The molecular formula is C26H27N2O+. The molecule has 29 heavy (non-hydrogen) atoms. The third-order valence-corrected chi connectivity index (χ3v) is 6.02. The van der Waals surface area contributed by atoms with Gasteiger partial charge in [0.1, 0.15) is 18.3 Å². The van der Waals surface area contributed by atoms with E-state index in [1.54, 1.807) is 0 Å². The van der Waals surface area contributed by atoms with E-state index in [-0.39, 0.29) is 5.41 Å². The van der Waals surface area contributed by atoms with Crippen LogP contribution in [0.4, 0.5) is 0 Å². The Hall–Kier alpha value is -2.94. The summed E-state index contributed by atoms with van der Waals surface area (Å²) in [4.78, 5) is 5.07. The summed E-state index contributed by atoms with van der Waals surface area (Å²) in [6.45, 7) is 11.2. The molecule has 4 aromatic rings. The van der Waals surface area contributed by atoms with E-state index in [2.05, 4.69) is 88.7 Å². The molecule has 0 saturated carbocycles. The van der Waals surface area contributed by atoms with Crippen molar-refractivity contribution in [1.29, 1.82) is 0 Å². The van der Waals surface area contributed by atoms with Crippen LogP contribution in [0.3, 0.4) is 0 Å². The molecule has 0 bridgehead atoms. The zero-order chi connectivity index (χ0) is 20.5. The number of hydrogen-bond donors (Lipinski definition) is 0. The molecular weight excluding hydrogens is 356 g/mol. The van der Waals surface area contributed by atoms with Crippen LogP contribution in [0.25, 0.3) is 33.1 Å². The lowest BCUT2D eigenvalue weighted by Crippen LogP contribution is -2.34. The van der Waals surface area contributed by atoms with E-state index in [1.165, 1.54) is 33.0 Å². The highest BCUT2D eigenvalue weighted by Gasteiger charge is 2.33. The highest BCUT2D eigenvalue weighted by Crippen LogP contribution is 2.47. The molecule has 0 unspecified atom stereocenters. The summed E-state index contributed by atoms with van der Waals surface area (Å²) in [6.07, 6.45) is 0.973. The largest absolute Gasteiger partial charge is 0.433 e. The number of aromatic nitrogens is 2. The summed E-state index contributed by atoms with van der Waals surface area (Å²) in [6, 6.07) is 15.0. The summed E-state index contributed by atoms with van der Waals surface area (Å²) in [7, 11) is 2.13. The van der Waals surface area contributed by atoms with Gasteiger partial charge in [0.05, 0.1) is 5.56 Å². The van der Waals surface area contributed by atoms with Crippen LogP contribution in [0, 0.1) is 19.3 Å². The normalized spacial score (nSPS) is 12.9. The van der Waals surface area contributed by atoms with E-state index < -0.39 is 0 Å². The number of hydrogen-bond acceptors (Lipinski definition) is 2. The van der Waals surface area contributed by atoms with Crippen molar-refractivity contribution in [3.8, 4) is 22.9 Å². The first-order valence-electron chi connectivity index (χ1n) is 10.3. The minimum absolute atomic E-state index is 0.192. The molecule has 1 aromatic heterocycles. The molecule has 0 saturated heterocycles. The van der Waals surface area contributed by atoms with Gasteiger partial charge in [-0.25, -0.2) is 4.98 Å². The minimum atomic E-state index is 0.192. The van der Waals surface area contributed by atoms with Gasteiger partial charge in [-0.15, -0.1) is 0 Å². The summed E-state index contributed by atoms with van der Waals surface area (Å²) in [5.74, 6) is 1.60. The number of aryl methyl sites for hydroxylation is 2. The highest BCUT2D eigenvalue weighted by atomic mass is 16.5. The lowest BCUT2D eigenvalue weighted by atomic mass is 9.87. The number of para-hydroxylation sites is 1. The summed E-state index contributed by atoms with van der Waals surface area (Å²) in [5, 5.41) is 2.40. The van der Waals surface area contributed by atoms with Gasteiger partial charge in [0.25, 0.3) is 11.6 Å². The summed E-state index contributed by atoms with van der Waals surface area (Å²) in [5.41, 5.74) is 8.52. The molecule has 0 fully saturated rings. The predicted octanol–water partition coefficient (Wildman–Crippen LogP) is 6.19. The number of benzene rings is 3. The second kappa shape index (κ2) is 6.03. The number of fused-ring (bicyclic) bond motifs is 3. The van der Waals surface area contributed by atoms with Crippen molar-refractivity contribution >= 4 is 21.8 Å². The van der Waals surface area contributed by atoms with Crippen molar-refractivity contribution in [2.75, 3.05) is 0 Å². The van der Waals surface area contributed by atoms with E-state index in [0.717, 1.165) is 28.9 Å². The fourth-order valence-electron chi connectivity index (χ4n) is 4.60. The Labute approximate surface area is 172 Å². The fourth-order valence-corrected chi connectivity index (χ4v) is 4.60. The monoisotopic (exact) mass is 383 g/mol. The van der Waals surface area contributed by atoms with Crippen LogP contribution in [-0.4, -0.2) is 4.98 Å². The van der Waals surface area contributed by atoms with Crippen molar-refractivity contribution in [2.24, 2.45) is 12.5 Å². The van der Waals surface area contributed by atoms with Gasteiger partial charge in [-0.2, -0.15) is 4.57 Å². The molecule has 0 radical (unpaired) electrons. The van der Waals surface area contributed by atoms with Crippen molar-refractivity contribution in [3.05, 3.63) is 59.2 Å². The molecule has 5 rings (SSSR count). The van der Waals surface area contributed by atoms with Gasteiger partial charge in [-0.05, 0) is 53.8 Å². The first-order valence-corrected chi connectivity index (χ1v) is 10.3. The van der Waals surface area contributed by atoms with E-state index in [9.17, 15) is 0 Å². The average molecular weight is 384 g/mol. The van der Waals surface area contributed by atoms with E-state index in [1.807, 2.05) is 0 Å². The molecule has 3 heteroatoms. The molecule has 3 nitrogen and oxygen atoms in total. The van der Waals surface area contributed by atoms with Crippen LogP contribution in [0.2, 0.25) is 0 Å². The zero-order valence-electron chi connectivity index (χ0n) is 18.1. The van der Waals surface area contributed by atoms with Crippen LogP contribution >= 0.6 is 0 Å². The maximum atomic E-state index is 6.39. The average Bonchev–Trinajstić information content (AvgIpc) is 2.65. The van der Waals surface area contributed by atoms with Gasteiger partial charge in [0, 0.05) is 11.5 Å². The quantitative estimate of drug-likeness (QED) is 0.323. The Kier molecular flexibility index (Phi) is 3.76. The van der Waals surface area contributed by atoms with Crippen LogP contribution in [0.15, 0.2) is 42.5 Å². The molecule has 3 aromatic carbocycles. The second-order valence-corrected chi connectivity index (χ2v) is 9.50. The van der Waals surface area contributed by atoms with Gasteiger partial charge in [-0.1, -0.05) is 51.1 Å². The third-order valence-electron chi connectivity index (χ3n) is 6.02. The molecule has 0 atom stereocenters. The predicted molar refractivity (Wildman–Crippen MR) is 119 cm³/mol. The van der Waals surface area contributed by atoms with E-state index >= 15 is 0 Å². The highest BCUT2D eigenvalue weighted by molar-refractivity contribution is 6.04. The summed E-state index contributed by atoms with van der Waals surface area (Å²) < 4.78 is 8.65. The topological polar surface area (TPSA) is 26.0 Å². The molecule has 0 amide bonds. The van der Waals surface area contributed by atoms with Gasteiger partial charge in [-0.3, -0.25) is 0 Å². The standard InChI is InChI=1S/C26H27N2O/c1-15-13-17-9-8-12-20-22(17)21(16(15)2)24-25(29-20)27-23-18(14-26(3,4)5)10-7-11-19(23)28(24)6/h7-13H,14H2,1-6H3/q+1. The Balaban J connectivity index is 1.89. The Morgan fingerprint density at radius 2 is 1.79 bits per heavy atom. The lowest BCUT2D eigenvalue weighted by molar-refractivity contribution is -0.634. The third kappa shape index (κ3) is 2.71. The zero-order valence-corrected chi connectivity index (χ0v) is 18.1. The van der Waals surface area contributed by atoms with Crippen molar-refractivity contribution < 1.29 is 9.30 Å². The van der Waals surface area contributed by atoms with Gasteiger partial charge in [0.2, 0.25) is 5.52 Å². The van der Waals surface area contributed by atoms with Crippen molar-refractivity contribution in [3.63, 3.8) is 0 Å². The molecule has 1 aliphatic rings. The maximum absolute atomic E-state index is 6.39. The number of ether oxygens (including phenoxy) is 1. The SMILES string of the molecule is Cc1cc2cccc3c2c(c1C)-c1c(nc2c(CC(C)(C)C)cccc2[n+]1C)O3. The van der Waals surface area contributed by atoms with E-state index in [0.29, 0.717) is 5.88 Å². The smallest absolute Gasteiger partial charge is 0.294 e.